The topological polar surface area (TPSA) is 93.8 Å². The number of nitrogens with two attached hydrogens (primary N) is 1. The summed E-state index contributed by atoms with van der Waals surface area (Å²) in [6, 6.07) is 20.1. The maximum absolute atomic E-state index is 12.7. The maximum atomic E-state index is 12.7. The smallest absolute Gasteiger partial charge is 0.268 e. The maximum Gasteiger partial charge on any atom is 0.268 e. The molecule has 3 atom stereocenters. The Bertz CT molecular complexity index is 1160. The number of hydrogen-bond acceptors (Lipinski definition) is 6. The Morgan fingerprint density at radius 1 is 0.812 bits per heavy atom. The van der Waals surface area contributed by atoms with E-state index in [1.807, 2.05) is 39.4 Å². The second kappa shape index (κ2) is 21.6. The number of nitrogens with zero attached hydrogens (tertiary/aromatic N) is 1. The molecule has 0 heterocycles. The molecule has 0 fully saturated rings. The van der Waals surface area contributed by atoms with Crippen LogP contribution in [-0.2, 0) is 18.0 Å². The van der Waals surface area contributed by atoms with E-state index in [1.54, 1.807) is 0 Å². The Balaban J connectivity index is 2.20. The first-order valence-corrected chi connectivity index (χ1v) is 21.7. The molecule has 272 valence electrons. The van der Waals surface area contributed by atoms with Crippen LogP contribution in [0.2, 0.25) is 5.04 Å². The summed E-state index contributed by atoms with van der Waals surface area (Å²) in [5.41, 5.74) is 6.78. The molecule has 0 bridgehead atoms. The molecule has 2 aromatic carbocycles. The van der Waals surface area contributed by atoms with Gasteiger partial charge in [0, 0.05) is 0 Å². The molecular weight excluding hydrogens is 635 g/mol. The zero-order chi connectivity index (χ0) is 35.5. The molecule has 9 heteroatoms. The van der Waals surface area contributed by atoms with Crippen molar-refractivity contribution < 1.29 is 27.4 Å². The van der Waals surface area contributed by atoms with Crippen LogP contribution in [-0.4, -0.2) is 65.8 Å². The SMILES string of the molecule is CCCCCCCCCCCCCC=CC(O[Si](c1ccccc1)(c1ccccc1)C(C)(C)C)C(N)COP(=O)([O-])OCC[N+](C)(C)C. The summed E-state index contributed by atoms with van der Waals surface area (Å²) in [5.74, 6) is 0. The second-order valence-electron chi connectivity index (χ2n) is 15.3. The average Bonchev–Trinajstić information content (AvgIpc) is 3.03. The van der Waals surface area contributed by atoms with Gasteiger partial charge in [0.15, 0.2) is 0 Å². The highest BCUT2D eigenvalue weighted by molar-refractivity contribution is 7.45. The number of allylic oxidation sites excluding steroid dienone is 1. The van der Waals surface area contributed by atoms with Gasteiger partial charge < -0.3 is 28.6 Å². The summed E-state index contributed by atoms with van der Waals surface area (Å²) >= 11 is 0. The van der Waals surface area contributed by atoms with Crippen molar-refractivity contribution in [2.75, 3.05) is 40.9 Å². The third-order valence-electron chi connectivity index (χ3n) is 8.89. The van der Waals surface area contributed by atoms with Crippen LogP contribution in [0.1, 0.15) is 105 Å². The minimum Gasteiger partial charge on any atom is -0.756 e. The zero-order valence-electron chi connectivity index (χ0n) is 31.2. The predicted octanol–water partition coefficient (Wildman–Crippen LogP) is 7.72. The molecule has 0 spiro atoms. The summed E-state index contributed by atoms with van der Waals surface area (Å²) in [5, 5.41) is 2.01. The van der Waals surface area contributed by atoms with Crippen LogP contribution in [0.15, 0.2) is 72.8 Å². The molecular formula is C39H67N2O5PSi. The summed E-state index contributed by atoms with van der Waals surface area (Å²) in [6.45, 7) is 9.27. The molecule has 3 unspecified atom stereocenters. The minimum absolute atomic E-state index is 0.0420. The Hall–Kier alpha value is -1.61. The molecule has 0 saturated carbocycles. The fraction of sp³-hybridized carbons (Fsp3) is 0.641. The standard InChI is InChI=1S/C39H67N2O5PSi/c1-8-9-10-11-12-13-14-15-16-17-18-19-26-31-38(37(40)34-45-47(42,43)44-33-32-41(5,6)7)46-48(39(2,3)4,35-27-22-20-23-28-35)36-29-24-21-25-30-36/h20-31,37-38H,8-19,32-34,40H2,1-7H3. The van der Waals surface area contributed by atoms with Crippen LogP contribution >= 0.6 is 7.82 Å². The van der Waals surface area contributed by atoms with E-state index >= 15 is 0 Å². The van der Waals surface area contributed by atoms with Crippen LogP contribution in [0.25, 0.3) is 0 Å². The summed E-state index contributed by atoms with van der Waals surface area (Å²) in [6.07, 6.45) is 18.8. The van der Waals surface area contributed by atoms with Gasteiger partial charge in [0.2, 0.25) is 0 Å². The van der Waals surface area contributed by atoms with Gasteiger partial charge in [-0.05, 0) is 28.3 Å². The quantitative estimate of drug-likeness (QED) is 0.0375. The number of likely N-dealkylation sites (N-methyl/N-ethyl adjacent to an activating group) is 1. The van der Waals surface area contributed by atoms with Gasteiger partial charge in [0.05, 0.1) is 39.9 Å². The number of phosphoric ester groups is 1. The first-order valence-electron chi connectivity index (χ1n) is 18.3. The number of hydrogen-bond donors (Lipinski definition) is 1. The largest absolute Gasteiger partial charge is 0.756 e. The predicted molar refractivity (Wildman–Crippen MR) is 203 cm³/mol. The van der Waals surface area contributed by atoms with Crippen molar-refractivity contribution in [3.8, 4) is 0 Å². The third kappa shape index (κ3) is 15.5. The monoisotopic (exact) mass is 702 g/mol. The highest BCUT2D eigenvalue weighted by Gasteiger charge is 2.51. The molecule has 0 aliphatic heterocycles. The van der Waals surface area contributed by atoms with E-state index in [-0.39, 0.29) is 18.3 Å². The number of unbranched alkanes of at least 4 members (excludes halogenated alkanes) is 11. The molecule has 0 aromatic heterocycles. The molecule has 2 N–H and O–H groups in total. The fourth-order valence-corrected chi connectivity index (χ4v) is 11.5. The van der Waals surface area contributed by atoms with Crippen molar-refractivity contribution in [3.05, 3.63) is 72.8 Å². The van der Waals surface area contributed by atoms with E-state index in [0.29, 0.717) is 11.0 Å². The molecule has 48 heavy (non-hydrogen) atoms. The molecule has 2 rings (SSSR count). The Labute approximate surface area is 294 Å². The van der Waals surface area contributed by atoms with E-state index in [0.717, 1.165) is 23.2 Å². The van der Waals surface area contributed by atoms with Crippen molar-refractivity contribution >= 4 is 26.5 Å². The van der Waals surface area contributed by atoms with Crippen LogP contribution in [0, 0.1) is 0 Å². The van der Waals surface area contributed by atoms with Crippen molar-refractivity contribution in [1.82, 2.24) is 0 Å². The molecule has 7 nitrogen and oxygen atoms in total. The third-order valence-corrected chi connectivity index (χ3v) is 14.9. The van der Waals surface area contributed by atoms with Crippen molar-refractivity contribution in [3.63, 3.8) is 0 Å². The number of benzene rings is 2. The normalized spacial score (nSPS) is 15.4. The molecule has 0 amide bonds. The highest BCUT2D eigenvalue weighted by Crippen LogP contribution is 2.40. The van der Waals surface area contributed by atoms with Crippen molar-refractivity contribution in [2.45, 2.75) is 122 Å². The molecule has 2 aromatic rings. The van der Waals surface area contributed by atoms with Crippen LogP contribution in [0.4, 0.5) is 0 Å². The molecule has 0 aliphatic carbocycles. The lowest BCUT2D eigenvalue weighted by Gasteiger charge is -2.45. The zero-order valence-corrected chi connectivity index (χ0v) is 33.1. The van der Waals surface area contributed by atoms with E-state index < -0.39 is 28.3 Å². The molecule has 0 aliphatic rings. The van der Waals surface area contributed by atoms with E-state index in [1.165, 1.54) is 64.2 Å². The van der Waals surface area contributed by atoms with Gasteiger partial charge >= 0.3 is 0 Å². The van der Waals surface area contributed by atoms with Gasteiger partial charge in [-0.25, -0.2) is 0 Å². The van der Waals surface area contributed by atoms with E-state index in [2.05, 4.69) is 82.3 Å². The fourth-order valence-electron chi connectivity index (χ4n) is 6.06. The first kappa shape index (κ1) is 42.6. The Morgan fingerprint density at radius 3 is 1.75 bits per heavy atom. The second-order valence-corrected chi connectivity index (χ2v) is 20.9. The Morgan fingerprint density at radius 2 is 1.29 bits per heavy atom. The van der Waals surface area contributed by atoms with Gasteiger partial charge in [0.1, 0.15) is 13.2 Å². The number of phosphoric acid groups is 1. The summed E-state index contributed by atoms with van der Waals surface area (Å²) in [4.78, 5) is 12.7. The molecule has 0 radical (unpaired) electrons. The highest BCUT2D eigenvalue weighted by atomic mass is 31.2. The van der Waals surface area contributed by atoms with E-state index in [9.17, 15) is 9.46 Å². The molecule has 0 saturated heterocycles. The number of rotatable bonds is 25. The lowest BCUT2D eigenvalue weighted by Crippen LogP contribution is -2.68. The van der Waals surface area contributed by atoms with Gasteiger partial charge in [-0.15, -0.1) is 0 Å². The van der Waals surface area contributed by atoms with Gasteiger partial charge in [-0.2, -0.15) is 0 Å². The van der Waals surface area contributed by atoms with Gasteiger partial charge in [-0.3, -0.25) is 4.57 Å². The lowest BCUT2D eigenvalue weighted by atomic mass is 10.0. The van der Waals surface area contributed by atoms with Crippen molar-refractivity contribution in [1.29, 1.82) is 0 Å². The Kier molecular flexibility index (Phi) is 19.1. The van der Waals surface area contributed by atoms with Gasteiger partial charge in [-0.1, -0.05) is 165 Å². The average molecular weight is 703 g/mol. The lowest BCUT2D eigenvalue weighted by molar-refractivity contribution is -0.870. The number of quaternary nitrogens is 1. The first-order chi connectivity index (χ1) is 22.7. The summed E-state index contributed by atoms with van der Waals surface area (Å²) in [7, 11) is -1.57. The van der Waals surface area contributed by atoms with E-state index in [4.69, 9.17) is 19.2 Å². The minimum atomic E-state index is -4.54. The van der Waals surface area contributed by atoms with Crippen LogP contribution in [0.5, 0.6) is 0 Å². The van der Waals surface area contributed by atoms with Crippen LogP contribution < -0.4 is 21.0 Å². The van der Waals surface area contributed by atoms with Crippen molar-refractivity contribution in [2.24, 2.45) is 5.73 Å². The van der Waals surface area contributed by atoms with Crippen LogP contribution in [0.3, 0.4) is 0 Å². The van der Waals surface area contributed by atoms with Gasteiger partial charge in [0.25, 0.3) is 16.1 Å². The summed E-state index contributed by atoms with van der Waals surface area (Å²) < 4.78 is 31.1.